The van der Waals surface area contributed by atoms with Crippen LogP contribution in [0.3, 0.4) is 0 Å². The van der Waals surface area contributed by atoms with Gasteiger partial charge in [-0.1, -0.05) is 13.8 Å². The Hall–Kier alpha value is -0.0900. The summed E-state index contributed by atoms with van der Waals surface area (Å²) in [6, 6.07) is 0.508. The zero-order valence-corrected chi connectivity index (χ0v) is 12.4. The van der Waals surface area contributed by atoms with Crippen LogP contribution in [0.25, 0.3) is 0 Å². The molecule has 0 heterocycles. The van der Waals surface area contributed by atoms with E-state index in [1.54, 1.807) is 13.8 Å². The zero-order chi connectivity index (χ0) is 13.1. The van der Waals surface area contributed by atoms with Crippen molar-refractivity contribution in [3.8, 4) is 0 Å². The van der Waals surface area contributed by atoms with Crippen LogP contribution < -0.4 is 5.32 Å². The molecular formula is C13H27NO2S. The van der Waals surface area contributed by atoms with Crippen molar-refractivity contribution in [2.75, 3.05) is 12.3 Å². The highest BCUT2D eigenvalue weighted by molar-refractivity contribution is 7.92. The highest BCUT2D eigenvalue weighted by atomic mass is 32.2. The van der Waals surface area contributed by atoms with Gasteiger partial charge in [-0.3, -0.25) is 0 Å². The molecule has 1 saturated carbocycles. The Morgan fingerprint density at radius 3 is 2.41 bits per heavy atom. The van der Waals surface area contributed by atoms with Crippen LogP contribution in [0.15, 0.2) is 0 Å². The molecule has 17 heavy (non-hydrogen) atoms. The Balaban J connectivity index is 2.32. The van der Waals surface area contributed by atoms with Gasteiger partial charge >= 0.3 is 0 Å². The molecular weight excluding hydrogens is 234 g/mol. The van der Waals surface area contributed by atoms with E-state index in [0.29, 0.717) is 18.5 Å². The van der Waals surface area contributed by atoms with Crippen LogP contribution >= 0.6 is 0 Å². The lowest BCUT2D eigenvalue weighted by Crippen LogP contribution is -2.41. The highest BCUT2D eigenvalue weighted by Crippen LogP contribution is 2.28. The fourth-order valence-electron chi connectivity index (χ4n) is 2.59. The lowest BCUT2D eigenvalue weighted by molar-refractivity contribution is 0.231. The molecule has 0 bridgehead atoms. The molecule has 0 aliphatic heterocycles. The van der Waals surface area contributed by atoms with E-state index in [4.69, 9.17) is 0 Å². The average molecular weight is 261 g/mol. The Morgan fingerprint density at radius 2 is 1.88 bits per heavy atom. The van der Waals surface area contributed by atoms with Gasteiger partial charge in [0.25, 0.3) is 0 Å². The van der Waals surface area contributed by atoms with Gasteiger partial charge < -0.3 is 5.32 Å². The second kappa shape index (κ2) is 6.19. The number of hydrogen-bond acceptors (Lipinski definition) is 3. The van der Waals surface area contributed by atoms with Crippen molar-refractivity contribution in [1.82, 2.24) is 5.32 Å². The average Bonchev–Trinajstić information content (AvgIpc) is 2.21. The maximum absolute atomic E-state index is 11.7. The standard InChI is InChI=1S/C13H27NO2S/c1-10(2)17(15,16)8-7-14-13-6-5-11(3)9-12(13)4/h10-14H,5-9H2,1-4H3. The van der Waals surface area contributed by atoms with Crippen LogP contribution in [0.1, 0.15) is 47.0 Å². The normalized spacial score (nSPS) is 30.8. The number of rotatable bonds is 5. The molecule has 0 radical (unpaired) electrons. The third-order valence-corrected chi connectivity index (χ3v) is 6.15. The van der Waals surface area contributed by atoms with E-state index in [1.807, 2.05) is 0 Å². The molecule has 1 aliphatic carbocycles. The van der Waals surface area contributed by atoms with Crippen molar-refractivity contribution in [1.29, 1.82) is 0 Å². The van der Waals surface area contributed by atoms with Gasteiger partial charge in [0.2, 0.25) is 0 Å². The minimum atomic E-state index is -2.89. The summed E-state index contributed by atoms with van der Waals surface area (Å²) in [5.74, 6) is 1.76. The van der Waals surface area contributed by atoms with Crippen LogP contribution in [0.4, 0.5) is 0 Å². The molecule has 0 amide bonds. The fraction of sp³-hybridized carbons (Fsp3) is 1.00. The van der Waals surface area contributed by atoms with Gasteiger partial charge in [-0.2, -0.15) is 0 Å². The minimum Gasteiger partial charge on any atom is -0.313 e. The van der Waals surface area contributed by atoms with Crippen LogP contribution in [0, 0.1) is 11.8 Å². The molecule has 1 N–H and O–H groups in total. The summed E-state index contributed by atoms with van der Waals surface area (Å²) in [7, 11) is -2.89. The van der Waals surface area contributed by atoms with Gasteiger partial charge in [-0.05, 0) is 44.9 Å². The Kier molecular flexibility index (Phi) is 5.45. The Bertz CT molecular complexity index is 324. The quantitative estimate of drug-likeness (QED) is 0.825. The molecule has 0 aromatic heterocycles. The van der Waals surface area contributed by atoms with Crippen LogP contribution in [0.2, 0.25) is 0 Å². The van der Waals surface area contributed by atoms with Gasteiger partial charge in [0, 0.05) is 12.6 Å². The van der Waals surface area contributed by atoms with Gasteiger partial charge in [-0.15, -0.1) is 0 Å². The van der Waals surface area contributed by atoms with Crippen LogP contribution in [0.5, 0.6) is 0 Å². The van der Waals surface area contributed by atoms with Gasteiger partial charge in [0.1, 0.15) is 0 Å². The van der Waals surface area contributed by atoms with Gasteiger partial charge in [-0.25, -0.2) is 8.42 Å². The smallest absolute Gasteiger partial charge is 0.153 e. The SMILES string of the molecule is CC1CCC(NCCS(=O)(=O)C(C)C)C(C)C1. The third-order valence-electron chi connectivity index (χ3n) is 3.94. The maximum Gasteiger partial charge on any atom is 0.153 e. The van der Waals surface area contributed by atoms with Crippen molar-refractivity contribution < 1.29 is 8.42 Å². The van der Waals surface area contributed by atoms with Gasteiger partial charge in [0.15, 0.2) is 9.84 Å². The first-order chi connectivity index (χ1) is 7.83. The highest BCUT2D eigenvalue weighted by Gasteiger charge is 2.25. The molecule has 4 heteroatoms. The van der Waals surface area contributed by atoms with Crippen molar-refractivity contribution in [2.24, 2.45) is 11.8 Å². The first-order valence-electron chi connectivity index (χ1n) is 6.78. The third kappa shape index (κ3) is 4.59. The molecule has 3 atom stereocenters. The summed E-state index contributed by atoms with van der Waals surface area (Å²) < 4.78 is 23.3. The summed E-state index contributed by atoms with van der Waals surface area (Å²) in [5.41, 5.74) is 0. The molecule has 102 valence electrons. The largest absolute Gasteiger partial charge is 0.313 e. The molecule has 0 spiro atoms. The van der Waals surface area contributed by atoms with Gasteiger partial charge in [0.05, 0.1) is 11.0 Å². The van der Waals surface area contributed by atoms with Crippen molar-refractivity contribution in [3.05, 3.63) is 0 Å². The van der Waals surface area contributed by atoms with Crippen molar-refractivity contribution in [2.45, 2.75) is 58.2 Å². The molecule has 0 saturated heterocycles. The zero-order valence-electron chi connectivity index (χ0n) is 11.6. The molecule has 3 unspecified atom stereocenters. The van der Waals surface area contributed by atoms with Crippen LogP contribution in [-0.4, -0.2) is 32.0 Å². The lowest BCUT2D eigenvalue weighted by Gasteiger charge is -2.33. The summed E-state index contributed by atoms with van der Waals surface area (Å²) in [4.78, 5) is 0. The number of sulfone groups is 1. The maximum atomic E-state index is 11.7. The van der Waals surface area contributed by atoms with Crippen molar-refractivity contribution in [3.63, 3.8) is 0 Å². The first-order valence-corrected chi connectivity index (χ1v) is 8.49. The molecule has 3 nitrogen and oxygen atoms in total. The van der Waals surface area contributed by atoms with E-state index in [1.165, 1.54) is 19.3 Å². The molecule has 1 fully saturated rings. The fourth-order valence-corrected chi connectivity index (χ4v) is 3.46. The van der Waals surface area contributed by atoms with E-state index in [-0.39, 0.29) is 11.0 Å². The molecule has 0 aromatic carbocycles. The number of hydrogen-bond donors (Lipinski definition) is 1. The molecule has 1 aliphatic rings. The van der Waals surface area contributed by atoms with E-state index in [2.05, 4.69) is 19.2 Å². The Labute approximate surface area is 106 Å². The predicted octanol–water partition coefficient (Wildman–Crippen LogP) is 2.22. The lowest BCUT2D eigenvalue weighted by atomic mass is 9.80. The van der Waals surface area contributed by atoms with E-state index < -0.39 is 9.84 Å². The first kappa shape index (κ1) is 15.0. The van der Waals surface area contributed by atoms with E-state index >= 15 is 0 Å². The molecule has 0 aromatic rings. The van der Waals surface area contributed by atoms with E-state index in [9.17, 15) is 8.42 Å². The predicted molar refractivity (Wildman–Crippen MR) is 72.9 cm³/mol. The van der Waals surface area contributed by atoms with Crippen LogP contribution in [-0.2, 0) is 9.84 Å². The monoisotopic (exact) mass is 261 g/mol. The summed E-state index contributed by atoms with van der Waals surface area (Å²) in [6.45, 7) is 8.67. The number of nitrogens with one attached hydrogen (secondary N) is 1. The second-order valence-electron chi connectivity index (χ2n) is 5.87. The Morgan fingerprint density at radius 1 is 1.24 bits per heavy atom. The van der Waals surface area contributed by atoms with Crippen molar-refractivity contribution >= 4 is 9.84 Å². The summed E-state index contributed by atoms with van der Waals surface area (Å²) >= 11 is 0. The topological polar surface area (TPSA) is 46.2 Å². The summed E-state index contributed by atoms with van der Waals surface area (Å²) in [6.07, 6.45) is 3.71. The second-order valence-corrected chi connectivity index (χ2v) is 8.55. The van der Waals surface area contributed by atoms with E-state index in [0.717, 1.165) is 5.92 Å². The molecule has 1 rings (SSSR count). The summed E-state index contributed by atoms with van der Waals surface area (Å²) in [5, 5.41) is 3.17. The minimum absolute atomic E-state index is 0.256.